The number of hydrogen-bond donors (Lipinski definition) is 1. The van der Waals surface area contributed by atoms with E-state index in [-0.39, 0.29) is 5.91 Å². The molecule has 3 aromatic heterocycles. The molecule has 3 aromatic rings. The van der Waals surface area contributed by atoms with Gasteiger partial charge < -0.3 is 9.84 Å². The average molecular weight is 380 g/mol. The Bertz CT molecular complexity index is 739. The summed E-state index contributed by atoms with van der Waals surface area (Å²) in [4.78, 5) is 17.1. The van der Waals surface area contributed by atoms with Crippen molar-refractivity contribution in [2.24, 2.45) is 0 Å². The zero-order chi connectivity index (χ0) is 16.6. The first-order valence-corrected chi connectivity index (χ1v) is 10.5. The van der Waals surface area contributed by atoms with Gasteiger partial charge in [-0.25, -0.2) is 0 Å². The van der Waals surface area contributed by atoms with Crippen molar-refractivity contribution in [3.63, 3.8) is 0 Å². The van der Waals surface area contributed by atoms with Crippen LogP contribution in [0.1, 0.15) is 17.9 Å². The molecule has 0 fully saturated rings. The van der Waals surface area contributed by atoms with Crippen molar-refractivity contribution in [3.05, 3.63) is 45.8 Å². The molecule has 8 heteroatoms. The highest BCUT2D eigenvalue weighted by molar-refractivity contribution is 7.98. The van der Waals surface area contributed by atoms with Crippen molar-refractivity contribution < 1.29 is 9.32 Å². The Morgan fingerprint density at radius 3 is 3.08 bits per heavy atom. The van der Waals surface area contributed by atoms with Crippen molar-refractivity contribution in [1.82, 2.24) is 15.5 Å². The lowest BCUT2D eigenvalue weighted by Crippen LogP contribution is -2.25. The van der Waals surface area contributed by atoms with Crippen molar-refractivity contribution in [3.8, 4) is 10.7 Å². The number of carbonyl (C=O) groups excluding carboxylic acids is 1. The second-order valence-corrected chi connectivity index (χ2v) is 7.86. The molecule has 0 atom stereocenters. The topological polar surface area (TPSA) is 68.0 Å². The lowest BCUT2D eigenvalue weighted by molar-refractivity contribution is -0.121. The number of thiophene rings is 2. The van der Waals surface area contributed by atoms with Crippen LogP contribution < -0.4 is 5.32 Å². The molecular formula is C16H17N3O2S3. The van der Waals surface area contributed by atoms with Gasteiger partial charge in [0.15, 0.2) is 0 Å². The highest BCUT2D eigenvalue weighted by Gasteiger charge is 2.11. The normalized spacial score (nSPS) is 10.8. The minimum atomic E-state index is 0.0157. The molecular weight excluding hydrogens is 362 g/mol. The summed E-state index contributed by atoms with van der Waals surface area (Å²) >= 11 is 5.10. The molecule has 24 heavy (non-hydrogen) atoms. The van der Waals surface area contributed by atoms with Crippen LogP contribution in [0.3, 0.4) is 0 Å². The second-order valence-electron chi connectivity index (χ2n) is 5.02. The average Bonchev–Trinajstić information content (AvgIpc) is 3.33. The van der Waals surface area contributed by atoms with E-state index in [0.29, 0.717) is 31.1 Å². The van der Waals surface area contributed by atoms with E-state index in [1.165, 1.54) is 5.56 Å². The third kappa shape index (κ3) is 5.19. The minimum absolute atomic E-state index is 0.0157. The van der Waals surface area contributed by atoms with Gasteiger partial charge in [-0.2, -0.15) is 28.1 Å². The lowest BCUT2D eigenvalue weighted by Gasteiger charge is -2.03. The maximum atomic E-state index is 11.8. The largest absolute Gasteiger partial charge is 0.355 e. The maximum absolute atomic E-state index is 11.8. The number of rotatable bonds is 9. The first-order chi connectivity index (χ1) is 11.8. The number of amides is 1. The van der Waals surface area contributed by atoms with Crippen molar-refractivity contribution in [1.29, 1.82) is 0 Å². The Morgan fingerprint density at radius 2 is 2.29 bits per heavy atom. The number of aryl methyl sites for hydroxylation is 1. The number of nitrogens with zero attached hydrogens (tertiary/aromatic N) is 2. The van der Waals surface area contributed by atoms with Gasteiger partial charge in [0, 0.05) is 30.9 Å². The van der Waals surface area contributed by atoms with Gasteiger partial charge in [0.25, 0.3) is 0 Å². The standard InChI is InChI=1S/C16H17N3O2S3/c20-14(17-6-9-23-11-12-5-8-22-10-12)3-4-15-18-16(19-21-15)13-2-1-7-24-13/h1-2,5,7-8,10H,3-4,6,9,11H2,(H,17,20). The second kappa shape index (κ2) is 9.00. The van der Waals surface area contributed by atoms with Gasteiger partial charge >= 0.3 is 0 Å². The Morgan fingerprint density at radius 1 is 1.33 bits per heavy atom. The monoisotopic (exact) mass is 379 g/mol. The predicted molar refractivity (Wildman–Crippen MR) is 99.4 cm³/mol. The minimum Gasteiger partial charge on any atom is -0.355 e. The van der Waals surface area contributed by atoms with Gasteiger partial charge in [0.1, 0.15) is 0 Å². The van der Waals surface area contributed by atoms with Crippen LogP contribution in [0.5, 0.6) is 0 Å². The van der Waals surface area contributed by atoms with Crippen LogP contribution in [0.2, 0.25) is 0 Å². The number of carbonyl (C=O) groups is 1. The third-order valence-corrected chi connectivity index (χ3v) is 5.82. The molecule has 0 aliphatic carbocycles. The zero-order valence-corrected chi connectivity index (χ0v) is 15.4. The molecule has 0 aliphatic heterocycles. The molecule has 5 nitrogen and oxygen atoms in total. The summed E-state index contributed by atoms with van der Waals surface area (Å²) in [7, 11) is 0. The molecule has 0 unspecified atom stereocenters. The van der Waals surface area contributed by atoms with Crippen LogP contribution >= 0.6 is 34.4 Å². The Hall–Kier alpha value is -1.64. The van der Waals surface area contributed by atoms with E-state index in [4.69, 9.17) is 4.52 Å². The fourth-order valence-corrected chi connectivity index (χ4v) is 4.23. The van der Waals surface area contributed by atoms with Crippen LogP contribution in [0.4, 0.5) is 0 Å². The van der Waals surface area contributed by atoms with E-state index in [0.717, 1.165) is 16.4 Å². The predicted octanol–water partition coefficient (Wildman–Crippen LogP) is 3.84. The molecule has 1 N–H and O–H groups in total. The van der Waals surface area contributed by atoms with Crippen LogP contribution in [0.15, 0.2) is 38.9 Å². The number of aromatic nitrogens is 2. The summed E-state index contributed by atoms with van der Waals surface area (Å²) in [6.45, 7) is 0.678. The molecule has 3 rings (SSSR count). The van der Waals surface area contributed by atoms with E-state index in [9.17, 15) is 4.79 Å². The van der Waals surface area contributed by atoms with Gasteiger partial charge in [-0.15, -0.1) is 11.3 Å². The summed E-state index contributed by atoms with van der Waals surface area (Å²) in [5.41, 5.74) is 1.34. The highest BCUT2D eigenvalue weighted by atomic mass is 32.2. The van der Waals surface area contributed by atoms with E-state index in [2.05, 4.69) is 32.3 Å². The van der Waals surface area contributed by atoms with Crippen LogP contribution in [-0.4, -0.2) is 28.3 Å². The quantitative estimate of drug-likeness (QED) is 0.572. The fraction of sp³-hybridized carbons (Fsp3) is 0.312. The molecule has 0 spiro atoms. The van der Waals surface area contributed by atoms with Gasteiger partial charge in [0.2, 0.25) is 17.6 Å². The van der Waals surface area contributed by atoms with E-state index >= 15 is 0 Å². The summed E-state index contributed by atoms with van der Waals surface area (Å²) in [5, 5.41) is 13.1. The lowest BCUT2D eigenvalue weighted by atomic mass is 10.3. The van der Waals surface area contributed by atoms with E-state index in [1.54, 1.807) is 22.7 Å². The molecule has 3 heterocycles. The third-order valence-electron chi connectivity index (χ3n) is 3.19. The molecule has 1 amide bonds. The Balaban J connectivity index is 1.31. The first-order valence-electron chi connectivity index (χ1n) is 7.53. The zero-order valence-electron chi connectivity index (χ0n) is 12.9. The molecule has 0 radical (unpaired) electrons. The van der Waals surface area contributed by atoms with Gasteiger partial charge in [-0.3, -0.25) is 4.79 Å². The highest BCUT2D eigenvalue weighted by Crippen LogP contribution is 2.21. The molecule has 0 aliphatic rings. The fourth-order valence-electron chi connectivity index (χ4n) is 2.00. The molecule has 0 aromatic carbocycles. The summed E-state index contributed by atoms with van der Waals surface area (Å²) in [6.07, 6.45) is 0.827. The molecule has 0 bridgehead atoms. The summed E-state index contributed by atoms with van der Waals surface area (Å²) in [6, 6.07) is 6.02. The number of hydrogen-bond acceptors (Lipinski definition) is 7. The van der Waals surface area contributed by atoms with E-state index < -0.39 is 0 Å². The SMILES string of the molecule is O=C(CCc1nc(-c2cccs2)no1)NCCSCc1ccsc1. The molecule has 126 valence electrons. The number of nitrogens with one attached hydrogen (secondary N) is 1. The summed E-state index contributed by atoms with van der Waals surface area (Å²) in [5.74, 6) is 3.00. The van der Waals surface area contributed by atoms with Crippen molar-refractivity contribution in [2.75, 3.05) is 12.3 Å². The first kappa shape index (κ1) is 17.2. The smallest absolute Gasteiger partial charge is 0.227 e. The maximum Gasteiger partial charge on any atom is 0.227 e. The van der Waals surface area contributed by atoms with Gasteiger partial charge in [-0.05, 0) is 33.8 Å². The summed E-state index contributed by atoms with van der Waals surface area (Å²) < 4.78 is 5.19. The Labute approximate surface area is 152 Å². The number of thioether (sulfide) groups is 1. The Kier molecular flexibility index (Phi) is 6.45. The van der Waals surface area contributed by atoms with Gasteiger partial charge in [0.05, 0.1) is 4.88 Å². The van der Waals surface area contributed by atoms with E-state index in [1.807, 2.05) is 29.3 Å². The van der Waals surface area contributed by atoms with Crippen LogP contribution in [0, 0.1) is 0 Å². The molecule has 0 saturated carbocycles. The van der Waals surface area contributed by atoms with Crippen molar-refractivity contribution in [2.45, 2.75) is 18.6 Å². The molecule has 0 saturated heterocycles. The van der Waals surface area contributed by atoms with Crippen molar-refractivity contribution >= 4 is 40.3 Å². The van der Waals surface area contributed by atoms with Crippen LogP contribution in [0.25, 0.3) is 10.7 Å². The van der Waals surface area contributed by atoms with Gasteiger partial charge in [-0.1, -0.05) is 11.2 Å². The van der Waals surface area contributed by atoms with Crippen LogP contribution in [-0.2, 0) is 17.0 Å².